The van der Waals surface area contributed by atoms with Crippen molar-refractivity contribution >= 4 is 22.2 Å². The van der Waals surface area contributed by atoms with E-state index in [1.54, 1.807) is 29.2 Å². The summed E-state index contributed by atoms with van der Waals surface area (Å²) in [5.41, 5.74) is 4.79. The monoisotopic (exact) mass is 396 g/mol. The van der Waals surface area contributed by atoms with Crippen LogP contribution >= 0.6 is 11.3 Å². The van der Waals surface area contributed by atoms with E-state index in [0.717, 1.165) is 16.8 Å². The molecule has 7 heteroatoms. The molecule has 2 aromatic carbocycles. The summed E-state index contributed by atoms with van der Waals surface area (Å²) >= 11 is 1.34. The van der Waals surface area contributed by atoms with E-state index in [0.29, 0.717) is 27.8 Å². The van der Waals surface area contributed by atoms with Crippen molar-refractivity contribution in [1.29, 1.82) is 0 Å². The normalized spacial score (nSPS) is 11.0. The fourth-order valence-electron chi connectivity index (χ4n) is 2.88. The van der Waals surface area contributed by atoms with Gasteiger partial charge >= 0.3 is 0 Å². The number of halogens is 2. The Labute approximate surface area is 165 Å². The van der Waals surface area contributed by atoms with E-state index in [-0.39, 0.29) is 11.6 Å². The van der Waals surface area contributed by atoms with Crippen molar-refractivity contribution in [3.8, 4) is 16.9 Å². The predicted molar refractivity (Wildman–Crippen MR) is 109 cm³/mol. The Bertz CT molecular complexity index is 1160. The highest BCUT2D eigenvalue weighted by Crippen LogP contribution is 2.30. The van der Waals surface area contributed by atoms with Gasteiger partial charge in [0.1, 0.15) is 11.6 Å². The van der Waals surface area contributed by atoms with Crippen LogP contribution in [-0.2, 0) is 0 Å². The van der Waals surface area contributed by atoms with Crippen molar-refractivity contribution in [1.82, 2.24) is 14.5 Å². The summed E-state index contributed by atoms with van der Waals surface area (Å²) in [7, 11) is 0. The standard InChI is InChI=1S/C21H18F2N4S/c1-12-6-16(22)18(7-13(12)2)25-21-26-19(10-28-21)15-4-5-20(17(23)8-15)27-9-14(3)24-11-27/h4-11H,1-3H3,(H,25,26). The van der Waals surface area contributed by atoms with Crippen LogP contribution in [0.4, 0.5) is 19.6 Å². The summed E-state index contributed by atoms with van der Waals surface area (Å²) in [5, 5.41) is 5.38. The topological polar surface area (TPSA) is 42.7 Å². The predicted octanol–water partition coefficient (Wildman–Crippen LogP) is 5.94. The number of aryl methyl sites for hydroxylation is 3. The number of anilines is 2. The molecule has 0 radical (unpaired) electrons. The summed E-state index contributed by atoms with van der Waals surface area (Å²) in [6.45, 7) is 5.65. The van der Waals surface area contributed by atoms with Gasteiger partial charge in [0, 0.05) is 17.1 Å². The average Bonchev–Trinajstić information content (AvgIpc) is 3.29. The highest BCUT2D eigenvalue weighted by Gasteiger charge is 2.12. The third kappa shape index (κ3) is 3.53. The SMILES string of the molecule is Cc1cn(-c2ccc(-c3csc(Nc4cc(C)c(C)cc4F)n3)cc2F)cn1. The first-order valence-corrected chi connectivity index (χ1v) is 9.59. The quantitative estimate of drug-likeness (QED) is 0.464. The summed E-state index contributed by atoms with van der Waals surface area (Å²) in [6.07, 6.45) is 3.34. The third-order valence-corrected chi connectivity index (χ3v) is 5.32. The van der Waals surface area contributed by atoms with Gasteiger partial charge < -0.3 is 9.88 Å². The lowest BCUT2D eigenvalue weighted by molar-refractivity contribution is 0.618. The molecule has 0 aliphatic rings. The zero-order chi connectivity index (χ0) is 19.8. The van der Waals surface area contributed by atoms with Crippen molar-refractivity contribution < 1.29 is 8.78 Å². The number of hydrogen-bond acceptors (Lipinski definition) is 4. The Hall–Kier alpha value is -3.06. The van der Waals surface area contributed by atoms with Crippen molar-refractivity contribution in [3.63, 3.8) is 0 Å². The number of rotatable bonds is 4. The highest BCUT2D eigenvalue weighted by atomic mass is 32.1. The minimum Gasteiger partial charge on any atom is -0.329 e. The first-order chi connectivity index (χ1) is 13.4. The number of aromatic nitrogens is 3. The van der Waals surface area contributed by atoms with Crippen molar-refractivity contribution in [2.45, 2.75) is 20.8 Å². The van der Waals surface area contributed by atoms with E-state index in [9.17, 15) is 8.78 Å². The van der Waals surface area contributed by atoms with Gasteiger partial charge in [-0.15, -0.1) is 11.3 Å². The van der Waals surface area contributed by atoms with Crippen molar-refractivity contribution in [2.75, 3.05) is 5.32 Å². The molecule has 1 N–H and O–H groups in total. The van der Waals surface area contributed by atoms with Gasteiger partial charge in [-0.1, -0.05) is 6.07 Å². The van der Waals surface area contributed by atoms with E-state index in [4.69, 9.17) is 0 Å². The number of nitrogens with zero attached hydrogens (tertiary/aromatic N) is 3. The van der Waals surface area contributed by atoms with Gasteiger partial charge in [0.15, 0.2) is 5.13 Å². The zero-order valence-electron chi connectivity index (χ0n) is 15.6. The summed E-state index contributed by atoms with van der Waals surface area (Å²) in [6, 6.07) is 8.20. The summed E-state index contributed by atoms with van der Waals surface area (Å²) in [5.74, 6) is -0.691. The molecule has 0 saturated carbocycles. The van der Waals surface area contributed by atoms with Gasteiger partial charge in [0.05, 0.1) is 29.1 Å². The molecule has 0 aliphatic carbocycles. The van der Waals surface area contributed by atoms with Crippen LogP contribution in [0.15, 0.2) is 48.2 Å². The largest absolute Gasteiger partial charge is 0.329 e. The number of nitrogens with one attached hydrogen (secondary N) is 1. The molecule has 4 nitrogen and oxygen atoms in total. The number of imidazole rings is 1. The van der Waals surface area contributed by atoms with Crippen LogP contribution in [0, 0.1) is 32.4 Å². The minimum atomic E-state index is -0.363. The molecule has 0 amide bonds. The smallest absolute Gasteiger partial charge is 0.187 e. The van der Waals surface area contributed by atoms with Gasteiger partial charge in [0.25, 0.3) is 0 Å². The van der Waals surface area contributed by atoms with Crippen LogP contribution in [0.1, 0.15) is 16.8 Å². The number of benzene rings is 2. The Kier molecular flexibility index (Phi) is 4.68. The molecule has 28 heavy (non-hydrogen) atoms. The summed E-state index contributed by atoms with van der Waals surface area (Å²) in [4.78, 5) is 8.59. The number of hydrogen-bond donors (Lipinski definition) is 1. The second-order valence-electron chi connectivity index (χ2n) is 6.67. The molecule has 0 fully saturated rings. The molecule has 0 bridgehead atoms. The van der Waals surface area contributed by atoms with Crippen LogP contribution in [0.25, 0.3) is 16.9 Å². The van der Waals surface area contributed by atoms with Crippen molar-refractivity contribution in [2.24, 2.45) is 0 Å². The van der Waals surface area contributed by atoms with Gasteiger partial charge in [-0.3, -0.25) is 0 Å². The lowest BCUT2D eigenvalue weighted by Gasteiger charge is -2.08. The van der Waals surface area contributed by atoms with Crippen LogP contribution in [0.3, 0.4) is 0 Å². The Morgan fingerprint density at radius 3 is 2.50 bits per heavy atom. The van der Waals surface area contributed by atoms with Gasteiger partial charge in [-0.2, -0.15) is 0 Å². The first-order valence-electron chi connectivity index (χ1n) is 8.71. The van der Waals surface area contributed by atoms with Gasteiger partial charge in [-0.05, 0) is 56.2 Å². The Morgan fingerprint density at radius 1 is 1.00 bits per heavy atom. The molecular formula is C21H18F2N4S. The molecule has 0 atom stereocenters. The molecule has 0 unspecified atom stereocenters. The maximum atomic E-state index is 14.6. The molecular weight excluding hydrogens is 378 g/mol. The van der Waals surface area contributed by atoms with Crippen LogP contribution in [0.2, 0.25) is 0 Å². The van der Waals surface area contributed by atoms with E-state index in [1.165, 1.54) is 23.5 Å². The molecule has 4 rings (SSSR count). The third-order valence-electron chi connectivity index (χ3n) is 4.56. The molecule has 4 aromatic rings. The van der Waals surface area contributed by atoms with Gasteiger partial charge in [-0.25, -0.2) is 18.7 Å². The lowest BCUT2D eigenvalue weighted by atomic mass is 10.1. The zero-order valence-corrected chi connectivity index (χ0v) is 16.4. The Morgan fingerprint density at radius 2 is 1.79 bits per heavy atom. The van der Waals surface area contributed by atoms with E-state index in [2.05, 4.69) is 15.3 Å². The van der Waals surface area contributed by atoms with Crippen LogP contribution in [0.5, 0.6) is 0 Å². The summed E-state index contributed by atoms with van der Waals surface area (Å²) < 4.78 is 30.4. The highest BCUT2D eigenvalue weighted by molar-refractivity contribution is 7.14. The first kappa shape index (κ1) is 18.3. The maximum Gasteiger partial charge on any atom is 0.187 e. The average molecular weight is 396 g/mol. The molecule has 2 aromatic heterocycles. The molecule has 142 valence electrons. The lowest BCUT2D eigenvalue weighted by Crippen LogP contribution is -1.96. The number of thiazole rings is 1. The van der Waals surface area contributed by atoms with Crippen LogP contribution < -0.4 is 5.32 Å². The molecule has 0 spiro atoms. The second kappa shape index (κ2) is 7.16. The van der Waals surface area contributed by atoms with Crippen molar-refractivity contribution in [3.05, 3.63) is 76.7 Å². The maximum absolute atomic E-state index is 14.6. The van der Waals surface area contributed by atoms with E-state index < -0.39 is 0 Å². The minimum absolute atomic E-state index is 0.328. The molecule has 2 heterocycles. The van der Waals surface area contributed by atoms with Gasteiger partial charge in [0.2, 0.25) is 0 Å². The van der Waals surface area contributed by atoms with E-state index in [1.807, 2.05) is 32.2 Å². The second-order valence-corrected chi connectivity index (χ2v) is 7.53. The Balaban J connectivity index is 1.59. The fourth-order valence-corrected chi connectivity index (χ4v) is 3.62. The van der Waals surface area contributed by atoms with Crippen LogP contribution in [-0.4, -0.2) is 14.5 Å². The fraction of sp³-hybridized carbons (Fsp3) is 0.143. The van der Waals surface area contributed by atoms with E-state index >= 15 is 0 Å². The molecule has 0 aliphatic heterocycles. The molecule has 0 saturated heterocycles.